The van der Waals surface area contributed by atoms with E-state index >= 15 is 0 Å². The Labute approximate surface area is 113 Å². The average Bonchev–Trinajstić information content (AvgIpc) is 2.39. The van der Waals surface area contributed by atoms with E-state index in [-0.39, 0.29) is 19.1 Å². The van der Waals surface area contributed by atoms with Gasteiger partial charge in [-0.15, -0.1) is 0 Å². The highest BCUT2D eigenvalue weighted by molar-refractivity contribution is 5.82. The molecule has 19 heavy (non-hydrogen) atoms. The van der Waals surface area contributed by atoms with Crippen molar-refractivity contribution in [3.05, 3.63) is 0 Å². The summed E-state index contributed by atoms with van der Waals surface area (Å²) in [4.78, 5) is 22.5. The van der Waals surface area contributed by atoms with E-state index in [1.54, 1.807) is 0 Å². The molecule has 6 heteroatoms. The lowest BCUT2D eigenvalue weighted by Gasteiger charge is -2.28. The predicted molar refractivity (Wildman–Crippen MR) is 70.8 cm³/mol. The topological polar surface area (TPSA) is 98.7 Å². The summed E-state index contributed by atoms with van der Waals surface area (Å²) in [6.45, 7) is 1.91. The summed E-state index contributed by atoms with van der Waals surface area (Å²) in [6.07, 6.45) is 5.32. The first-order chi connectivity index (χ1) is 9.06. The van der Waals surface area contributed by atoms with E-state index in [2.05, 4.69) is 17.6 Å². The van der Waals surface area contributed by atoms with Crippen LogP contribution >= 0.6 is 0 Å². The number of urea groups is 1. The second-order valence-electron chi connectivity index (χ2n) is 5.15. The van der Waals surface area contributed by atoms with Gasteiger partial charge in [-0.1, -0.05) is 13.3 Å². The summed E-state index contributed by atoms with van der Waals surface area (Å²) >= 11 is 0. The first kappa shape index (κ1) is 15.8. The maximum atomic E-state index is 11.7. The summed E-state index contributed by atoms with van der Waals surface area (Å²) in [5.74, 6) is -0.374. The Morgan fingerprint density at radius 1 is 1.26 bits per heavy atom. The van der Waals surface area contributed by atoms with Gasteiger partial charge in [-0.05, 0) is 31.6 Å². The van der Waals surface area contributed by atoms with Gasteiger partial charge in [0.2, 0.25) is 0 Å². The monoisotopic (exact) mass is 272 g/mol. The lowest BCUT2D eigenvalue weighted by molar-refractivity contribution is -0.139. The molecule has 2 amide bonds. The number of hydrogen-bond donors (Lipinski definition) is 4. The zero-order chi connectivity index (χ0) is 14.3. The Bertz CT molecular complexity index is 301. The van der Waals surface area contributed by atoms with Crippen LogP contribution in [0.3, 0.4) is 0 Å². The molecular weight excluding hydrogens is 248 g/mol. The lowest BCUT2D eigenvalue weighted by atomic mass is 9.85. The summed E-state index contributed by atoms with van der Waals surface area (Å²) in [5, 5.41) is 22.8. The normalized spacial score (nSPS) is 24.5. The van der Waals surface area contributed by atoms with Gasteiger partial charge >= 0.3 is 12.0 Å². The molecule has 1 aliphatic rings. The van der Waals surface area contributed by atoms with Crippen LogP contribution in [0, 0.1) is 5.92 Å². The number of hydrogen-bond acceptors (Lipinski definition) is 3. The van der Waals surface area contributed by atoms with Crippen molar-refractivity contribution in [1.29, 1.82) is 0 Å². The van der Waals surface area contributed by atoms with Gasteiger partial charge in [0.15, 0.2) is 0 Å². The largest absolute Gasteiger partial charge is 0.480 e. The van der Waals surface area contributed by atoms with E-state index in [9.17, 15) is 9.59 Å². The molecule has 110 valence electrons. The highest BCUT2D eigenvalue weighted by atomic mass is 16.4. The van der Waals surface area contributed by atoms with E-state index < -0.39 is 18.0 Å². The van der Waals surface area contributed by atoms with Crippen LogP contribution in [-0.2, 0) is 4.79 Å². The zero-order valence-corrected chi connectivity index (χ0v) is 11.4. The van der Waals surface area contributed by atoms with E-state index in [4.69, 9.17) is 10.2 Å². The minimum atomic E-state index is -1.13. The molecular formula is C13H24N2O4. The molecule has 1 saturated carbocycles. The SMILES string of the molecule is CCC1CCC(NC(=O)N[C@H](CCO)C(=O)O)CC1. The van der Waals surface area contributed by atoms with E-state index in [0.717, 1.165) is 31.6 Å². The Morgan fingerprint density at radius 2 is 1.89 bits per heavy atom. The number of rotatable bonds is 6. The van der Waals surface area contributed by atoms with Gasteiger partial charge in [0.25, 0.3) is 0 Å². The highest BCUT2D eigenvalue weighted by Gasteiger charge is 2.23. The standard InChI is InChI=1S/C13H24N2O4/c1-2-9-3-5-10(6-4-9)14-13(19)15-11(7-8-16)12(17)18/h9-11,16H,2-8H2,1H3,(H,17,18)(H2,14,15,19)/t9?,10?,11-/m1/s1. The molecule has 0 bridgehead atoms. The van der Waals surface area contributed by atoms with Gasteiger partial charge in [-0.2, -0.15) is 0 Å². The van der Waals surface area contributed by atoms with Crippen molar-refractivity contribution in [2.75, 3.05) is 6.61 Å². The highest BCUT2D eigenvalue weighted by Crippen LogP contribution is 2.26. The number of aliphatic hydroxyl groups is 1. The molecule has 0 spiro atoms. The third kappa shape index (κ3) is 5.46. The van der Waals surface area contributed by atoms with Crippen LogP contribution in [-0.4, -0.2) is 40.9 Å². The lowest BCUT2D eigenvalue weighted by Crippen LogP contribution is -2.50. The summed E-state index contributed by atoms with van der Waals surface area (Å²) in [6, 6.07) is -1.36. The van der Waals surface area contributed by atoms with E-state index in [1.807, 2.05) is 0 Å². The Balaban J connectivity index is 2.32. The second-order valence-corrected chi connectivity index (χ2v) is 5.15. The molecule has 4 N–H and O–H groups in total. The molecule has 1 atom stereocenters. The molecule has 0 aliphatic heterocycles. The number of carbonyl (C=O) groups excluding carboxylic acids is 1. The Morgan fingerprint density at radius 3 is 2.37 bits per heavy atom. The minimum Gasteiger partial charge on any atom is -0.480 e. The average molecular weight is 272 g/mol. The van der Waals surface area contributed by atoms with Gasteiger partial charge in [0, 0.05) is 19.1 Å². The maximum absolute atomic E-state index is 11.7. The molecule has 0 heterocycles. The third-order valence-corrected chi connectivity index (χ3v) is 3.78. The second kappa shape index (κ2) is 7.99. The number of carboxylic acids is 1. The molecule has 0 aromatic carbocycles. The molecule has 1 aliphatic carbocycles. The van der Waals surface area contributed by atoms with E-state index in [1.165, 1.54) is 6.42 Å². The van der Waals surface area contributed by atoms with Crippen LogP contribution in [0.25, 0.3) is 0 Å². The maximum Gasteiger partial charge on any atom is 0.326 e. The quantitative estimate of drug-likeness (QED) is 0.581. The molecule has 1 rings (SSSR count). The molecule has 6 nitrogen and oxygen atoms in total. The van der Waals surface area contributed by atoms with Crippen molar-refractivity contribution in [3.8, 4) is 0 Å². The van der Waals surface area contributed by atoms with Crippen molar-refractivity contribution in [1.82, 2.24) is 10.6 Å². The first-order valence-corrected chi connectivity index (χ1v) is 6.97. The van der Waals surface area contributed by atoms with Crippen LogP contribution in [0.4, 0.5) is 4.79 Å². The number of aliphatic carboxylic acids is 1. The van der Waals surface area contributed by atoms with Crippen molar-refractivity contribution < 1.29 is 19.8 Å². The zero-order valence-electron chi connectivity index (χ0n) is 11.4. The number of aliphatic hydroxyl groups excluding tert-OH is 1. The van der Waals surface area contributed by atoms with Crippen molar-refractivity contribution in [2.24, 2.45) is 5.92 Å². The van der Waals surface area contributed by atoms with Gasteiger partial charge in [0.1, 0.15) is 6.04 Å². The number of amides is 2. The fourth-order valence-corrected chi connectivity index (χ4v) is 2.49. The predicted octanol–water partition coefficient (Wildman–Crippen LogP) is 1.09. The number of nitrogens with one attached hydrogen (secondary N) is 2. The van der Waals surface area contributed by atoms with Gasteiger partial charge in [0.05, 0.1) is 0 Å². The summed E-state index contributed by atoms with van der Waals surface area (Å²) in [5.41, 5.74) is 0. The third-order valence-electron chi connectivity index (χ3n) is 3.78. The van der Waals surface area contributed by atoms with Crippen LogP contribution in [0.1, 0.15) is 45.4 Å². The van der Waals surface area contributed by atoms with Gasteiger partial charge in [-0.25, -0.2) is 9.59 Å². The van der Waals surface area contributed by atoms with Crippen LogP contribution in [0.15, 0.2) is 0 Å². The molecule has 0 aromatic heterocycles. The van der Waals surface area contributed by atoms with Crippen molar-refractivity contribution >= 4 is 12.0 Å². The Kier molecular flexibility index (Phi) is 6.62. The smallest absolute Gasteiger partial charge is 0.326 e. The van der Waals surface area contributed by atoms with Crippen molar-refractivity contribution in [2.45, 2.75) is 57.5 Å². The fraction of sp³-hybridized carbons (Fsp3) is 0.846. The molecule has 1 fully saturated rings. The molecule has 0 aromatic rings. The van der Waals surface area contributed by atoms with Gasteiger partial charge in [-0.3, -0.25) is 0 Å². The molecule has 0 radical (unpaired) electrons. The molecule has 0 unspecified atom stereocenters. The summed E-state index contributed by atoms with van der Waals surface area (Å²) in [7, 11) is 0. The molecule has 0 saturated heterocycles. The van der Waals surface area contributed by atoms with E-state index in [0.29, 0.717) is 0 Å². The van der Waals surface area contributed by atoms with Crippen LogP contribution in [0.5, 0.6) is 0 Å². The van der Waals surface area contributed by atoms with Gasteiger partial charge < -0.3 is 20.8 Å². The summed E-state index contributed by atoms with van der Waals surface area (Å²) < 4.78 is 0. The minimum absolute atomic E-state index is 0.0192. The Hall–Kier alpha value is -1.30. The number of carbonyl (C=O) groups is 2. The van der Waals surface area contributed by atoms with Crippen molar-refractivity contribution in [3.63, 3.8) is 0 Å². The fourth-order valence-electron chi connectivity index (χ4n) is 2.49. The van der Waals surface area contributed by atoms with Crippen LogP contribution < -0.4 is 10.6 Å². The van der Waals surface area contributed by atoms with Crippen LogP contribution in [0.2, 0.25) is 0 Å². The number of carboxylic acid groups (broad SMARTS) is 1. The first-order valence-electron chi connectivity index (χ1n) is 6.97.